The molecule has 0 saturated carbocycles. The minimum Gasteiger partial charge on any atom is -0.396 e. The van der Waals surface area contributed by atoms with E-state index in [1.165, 1.54) is 19.3 Å². The van der Waals surface area contributed by atoms with E-state index in [9.17, 15) is 4.79 Å². The van der Waals surface area contributed by atoms with Gasteiger partial charge in [-0.1, -0.05) is 44.7 Å². The molecular weight excluding hydrogens is 250 g/mol. The van der Waals surface area contributed by atoms with Crippen LogP contribution >= 0.6 is 0 Å². The summed E-state index contributed by atoms with van der Waals surface area (Å²) in [5.41, 5.74) is 2.01. The van der Waals surface area contributed by atoms with Crippen molar-refractivity contribution in [3.8, 4) is 0 Å². The van der Waals surface area contributed by atoms with E-state index >= 15 is 0 Å². The van der Waals surface area contributed by atoms with Crippen LogP contribution in [0.5, 0.6) is 0 Å². The van der Waals surface area contributed by atoms with Crippen LogP contribution < -0.4 is 5.32 Å². The first kappa shape index (κ1) is 16.7. The van der Waals surface area contributed by atoms with Crippen LogP contribution in [0.4, 0.5) is 5.69 Å². The van der Waals surface area contributed by atoms with Gasteiger partial charge in [0.1, 0.15) is 0 Å². The Labute approximate surface area is 122 Å². The molecule has 3 heteroatoms. The maximum atomic E-state index is 11.8. The first-order chi connectivity index (χ1) is 9.76. The van der Waals surface area contributed by atoms with Crippen molar-refractivity contribution in [3.63, 3.8) is 0 Å². The lowest BCUT2D eigenvalue weighted by atomic mass is 10.1. The van der Waals surface area contributed by atoms with Crippen molar-refractivity contribution >= 4 is 11.6 Å². The standard InChI is InChI=1S/C17H27NO2/c1-2-3-4-5-6-12-17(20)18-16-11-7-9-15(14-16)10-8-13-19/h7,9,11,14,19H,2-6,8,10,12-13H2,1H3,(H,18,20). The van der Waals surface area contributed by atoms with E-state index in [-0.39, 0.29) is 12.5 Å². The molecule has 0 spiro atoms. The number of aliphatic hydroxyl groups is 1. The molecule has 0 aliphatic heterocycles. The van der Waals surface area contributed by atoms with Gasteiger partial charge in [-0.3, -0.25) is 4.79 Å². The van der Waals surface area contributed by atoms with Crippen LogP contribution in [0.15, 0.2) is 24.3 Å². The number of aryl methyl sites for hydroxylation is 1. The molecule has 2 N–H and O–H groups in total. The number of anilines is 1. The lowest BCUT2D eigenvalue weighted by Crippen LogP contribution is -2.11. The summed E-state index contributed by atoms with van der Waals surface area (Å²) in [5, 5.41) is 11.8. The molecule has 112 valence electrons. The van der Waals surface area contributed by atoms with E-state index in [4.69, 9.17) is 5.11 Å². The van der Waals surface area contributed by atoms with Gasteiger partial charge in [-0.05, 0) is 37.0 Å². The minimum absolute atomic E-state index is 0.0980. The van der Waals surface area contributed by atoms with Gasteiger partial charge in [0.25, 0.3) is 0 Å². The molecule has 1 aromatic rings. The Balaban J connectivity index is 2.30. The van der Waals surface area contributed by atoms with Gasteiger partial charge in [-0.25, -0.2) is 0 Å². The maximum absolute atomic E-state index is 11.8. The molecule has 1 rings (SSSR count). The molecule has 0 saturated heterocycles. The molecule has 0 aromatic heterocycles. The van der Waals surface area contributed by atoms with Gasteiger partial charge in [-0.15, -0.1) is 0 Å². The molecule has 0 aliphatic carbocycles. The van der Waals surface area contributed by atoms with E-state index < -0.39 is 0 Å². The fourth-order valence-corrected chi connectivity index (χ4v) is 2.20. The van der Waals surface area contributed by atoms with Crippen LogP contribution in [0, 0.1) is 0 Å². The van der Waals surface area contributed by atoms with Crippen molar-refractivity contribution in [2.24, 2.45) is 0 Å². The maximum Gasteiger partial charge on any atom is 0.224 e. The minimum atomic E-state index is 0.0980. The molecule has 3 nitrogen and oxygen atoms in total. The van der Waals surface area contributed by atoms with Gasteiger partial charge in [0.15, 0.2) is 0 Å². The predicted octanol–water partition coefficient (Wildman–Crippen LogP) is 3.91. The van der Waals surface area contributed by atoms with Crippen LogP contribution in [-0.4, -0.2) is 17.6 Å². The number of amides is 1. The fraction of sp³-hybridized carbons (Fsp3) is 0.588. The number of hydrogen-bond donors (Lipinski definition) is 2. The number of carbonyl (C=O) groups is 1. The summed E-state index contributed by atoms with van der Waals surface area (Å²) in [7, 11) is 0. The Kier molecular flexibility index (Phi) is 8.72. The number of nitrogens with one attached hydrogen (secondary N) is 1. The summed E-state index contributed by atoms with van der Waals surface area (Å²) in [6, 6.07) is 7.88. The predicted molar refractivity (Wildman–Crippen MR) is 83.9 cm³/mol. The van der Waals surface area contributed by atoms with Crippen molar-refractivity contribution in [1.82, 2.24) is 0 Å². The lowest BCUT2D eigenvalue weighted by Gasteiger charge is -2.07. The van der Waals surface area contributed by atoms with Crippen LogP contribution in [-0.2, 0) is 11.2 Å². The molecule has 0 aliphatic rings. The first-order valence-corrected chi connectivity index (χ1v) is 7.76. The van der Waals surface area contributed by atoms with E-state index in [2.05, 4.69) is 12.2 Å². The average molecular weight is 277 g/mol. The molecule has 0 fully saturated rings. The third-order valence-corrected chi connectivity index (χ3v) is 3.34. The third kappa shape index (κ3) is 7.29. The Morgan fingerprint density at radius 2 is 1.95 bits per heavy atom. The highest BCUT2D eigenvalue weighted by molar-refractivity contribution is 5.90. The SMILES string of the molecule is CCCCCCCC(=O)Nc1cccc(CCCO)c1. The van der Waals surface area contributed by atoms with Crippen molar-refractivity contribution in [2.75, 3.05) is 11.9 Å². The van der Waals surface area contributed by atoms with Crippen molar-refractivity contribution < 1.29 is 9.90 Å². The molecular formula is C17H27NO2. The molecule has 0 atom stereocenters. The number of rotatable bonds is 10. The monoisotopic (exact) mass is 277 g/mol. The third-order valence-electron chi connectivity index (χ3n) is 3.34. The summed E-state index contributed by atoms with van der Waals surface area (Å²) in [5.74, 6) is 0.0980. The topological polar surface area (TPSA) is 49.3 Å². The summed E-state index contributed by atoms with van der Waals surface area (Å²) in [6.07, 6.45) is 8.02. The van der Waals surface area contributed by atoms with E-state index in [1.54, 1.807) is 0 Å². The second kappa shape index (κ2) is 10.4. The van der Waals surface area contributed by atoms with Crippen LogP contribution in [0.25, 0.3) is 0 Å². The number of benzene rings is 1. The van der Waals surface area contributed by atoms with Crippen LogP contribution in [0.2, 0.25) is 0 Å². The zero-order valence-corrected chi connectivity index (χ0v) is 12.5. The zero-order chi connectivity index (χ0) is 14.6. The molecule has 1 amide bonds. The highest BCUT2D eigenvalue weighted by Gasteiger charge is 2.03. The van der Waals surface area contributed by atoms with Crippen molar-refractivity contribution in [1.29, 1.82) is 0 Å². The molecule has 1 aromatic carbocycles. The summed E-state index contributed by atoms with van der Waals surface area (Å²) in [6.45, 7) is 2.39. The molecule has 0 bridgehead atoms. The van der Waals surface area contributed by atoms with Gasteiger partial charge in [0, 0.05) is 18.7 Å². The molecule has 0 heterocycles. The smallest absolute Gasteiger partial charge is 0.224 e. The second-order valence-corrected chi connectivity index (χ2v) is 5.24. The van der Waals surface area contributed by atoms with E-state index in [0.29, 0.717) is 6.42 Å². The highest BCUT2D eigenvalue weighted by atomic mass is 16.2. The number of aliphatic hydroxyl groups excluding tert-OH is 1. The molecule has 0 unspecified atom stereocenters. The van der Waals surface area contributed by atoms with Gasteiger partial charge in [0.2, 0.25) is 5.91 Å². The number of carbonyl (C=O) groups excluding carboxylic acids is 1. The highest BCUT2D eigenvalue weighted by Crippen LogP contribution is 2.13. The number of unbranched alkanes of at least 4 members (excludes halogenated alkanes) is 4. The molecule has 20 heavy (non-hydrogen) atoms. The van der Waals surface area contributed by atoms with Crippen molar-refractivity contribution in [3.05, 3.63) is 29.8 Å². The average Bonchev–Trinajstić information content (AvgIpc) is 2.45. The van der Waals surface area contributed by atoms with Crippen LogP contribution in [0.1, 0.15) is 57.4 Å². The molecule has 0 radical (unpaired) electrons. The Morgan fingerprint density at radius 1 is 1.15 bits per heavy atom. The largest absolute Gasteiger partial charge is 0.396 e. The Morgan fingerprint density at radius 3 is 2.70 bits per heavy atom. The Hall–Kier alpha value is -1.35. The second-order valence-electron chi connectivity index (χ2n) is 5.24. The Bertz CT molecular complexity index is 390. The van der Waals surface area contributed by atoms with Crippen molar-refractivity contribution in [2.45, 2.75) is 58.3 Å². The normalized spacial score (nSPS) is 10.5. The van der Waals surface area contributed by atoms with E-state index in [1.807, 2.05) is 24.3 Å². The summed E-state index contributed by atoms with van der Waals surface area (Å²) in [4.78, 5) is 11.8. The van der Waals surface area contributed by atoms with Gasteiger partial charge in [-0.2, -0.15) is 0 Å². The lowest BCUT2D eigenvalue weighted by molar-refractivity contribution is -0.116. The zero-order valence-electron chi connectivity index (χ0n) is 12.5. The van der Waals surface area contributed by atoms with Gasteiger partial charge >= 0.3 is 0 Å². The summed E-state index contributed by atoms with van der Waals surface area (Å²) < 4.78 is 0. The summed E-state index contributed by atoms with van der Waals surface area (Å²) >= 11 is 0. The first-order valence-electron chi connectivity index (χ1n) is 7.76. The quantitative estimate of drug-likeness (QED) is 0.637. The van der Waals surface area contributed by atoms with Gasteiger partial charge in [0.05, 0.1) is 0 Å². The fourth-order valence-electron chi connectivity index (χ4n) is 2.20. The van der Waals surface area contributed by atoms with E-state index in [0.717, 1.165) is 36.9 Å². The van der Waals surface area contributed by atoms with Gasteiger partial charge < -0.3 is 10.4 Å². The van der Waals surface area contributed by atoms with Crippen LogP contribution in [0.3, 0.4) is 0 Å². The number of hydrogen-bond acceptors (Lipinski definition) is 2.